The van der Waals surface area contributed by atoms with Gasteiger partial charge in [0.15, 0.2) is 0 Å². The molecule has 0 unspecified atom stereocenters. The average Bonchev–Trinajstić information content (AvgIpc) is 3.21. The van der Waals surface area contributed by atoms with Crippen molar-refractivity contribution in [3.8, 4) is 11.4 Å². The first-order valence-electron chi connectivity index (χ1n) is 10.5. The maximum absolute atomic E-state index is 13.1. The molecule has 0 amide bonds. The van der Waals surface area contributed by atoms with Gasteiger partial charge in [0, 0.05) is 18.2 Å². The summed E-state index contributed by atoms with van der Waals surface area (Å²) < 4.78 is 46.6. The lowest BCUT2D eigenvalue weighted by molar-refractivity contribution is -0.388. The summed E-state index contributed by atoms with van der Waals surface area (Å²) in [6, 6.07) is 19.1. The summed E-state index contributed by atoms with van der Waals surface area (Å²) in [4.78, 5) is 10.7. The zero-order chi connectivity index (χ0) is 25.0. The van der Waals surface area contributed by atoms with Crippen LogP contribution in [0, 0.1) is 10.1 Å². The van der Waals surface area contributed by atoms with Crippen molar-refractivity contribution in [1.82, 2.24) is 14.8 Å². The van der Waals surface area contributed by atoms with E-state index in [1.54, 1.807) is 28.8 Å². The summed E-state index contributed by atoms with van der Waals surface area (Å²) in [7, 11) is 0. The molecule has 0 aliphatic rings. The quantitative estimate of drug-likeness (QED) is 0.208. The first kappa shape index (κ1) is 24.3. The van der Waals surface area contributed by atoms with Crippen LogP contribution in [0.25, 0.3) is 5.69 Å². The standard InChI is InChI=1S/C24H19F3N4O3S/c1-2-34-19-11-9-18(10-12-19)30-22(14-16-6-4-3-5-7-16)28-29-23(30)35-21-13-8-17(24(25,26)27)15-20(21)31(32)33/h3-13,15H,2,14H2,1H3. The fraction of sp³-hybridized carbons (Fsp3) is 0.167. The molecule has 0 bridgehead atoms. The largest absolute Gasteiger partial charge is 0.494 e. The second-order valence-corrected chi connectivity index (χ2v) is 8.37. The monoisotopic (exact) mass is 500 g/mol. The summed E-state index contributed by atoms with van der Waals surface area (Å²) in [5, 5.41) is 20.3. The third-order valence-corrected chi connectivity index (χ3v) is 6.01. The molecule has 4 aromatic rings. The Balaban J connectivity index is 1.77. The highest BCUT2D eigenvalue weighted by atomic mass is 32.2. The van der Waals surface area contributed by atoms with E-state index in [0.717, 1.165) is 29.5 Å². The average molecular weight is 501 g/mol. The first-order valence-corrected chi connectivity index (χ1v) is 11.3. The molecule has 0 aliphatic carbocycles. The SMILES string of the molecule is CCOc1ccc(-n2c(Cc3ccccc3)nnc2Sc2ccc(C(F)(F)F)cc2[N+](=O)[O-])cc1. The van der Waals surface area contributed by atoms with Crippen LogP contribution in [0.1, 0.15) is 23.9 Å². The van der Waals surface area contributed by atoms with Crippen LogP contribution < -0.4 is 4.74 Å². The topological polar surface area (TPSA) is 83.1 Å². The van der Waals surface area contributed by atoms with Crippen molar-refractivity contribution in [1.29, 1.82) is 0 Å². The zero-order valence-corrected chi connectivity index (χ0v) is 19.2. The summed E-state index contributed by atoms with van der Waals surface area (Å²) in [6.07, 6.45) is -4.27. The predicted molar refractivity (Wildman–Crippen MR) is 124 cm³/mol. The van der Waals surface area contributed by atoms with Gasteiger partial charge in [-0.25, -0.2) is 0 Å². The summed E-state index contributed by atoms with van der Waals surface area (Å²) in [6.45, 7) is 2.38. The maximum atomic E-state index is 13.1. The second kappa shape index (κ2) is 10.2. The fourth-order valence-electron chi connectivity index (χ4n) is 3.40. The van der Waals surface area contributed by atoms with Gasteiger partial charge in [0.1, 0.15) is 11.6 Å². The summed E-state index contributed by atoms with van der Waals surface area (Å²) in [5.41, 5.74) is -0.0902. The Morgan fingerprint density at radius 2 is 1.74 bits per heavy atom. The van der Waals surface area contributed by atoms with Crippen LogP contribution in [-0.2, 0) is 12.6 Å². The molecule has 1 heterocycles. The van der Waals surface area contributed by atoms with Crippen molar-refractivity contribution in [2.75, 3.05) is 6.61 Å². The van der Waals surface area contributed by atoms with E-state index in [4.69, 9.17) is 4.74 Å². The smallest absolute Gasteiger partial charge is 0.416 e. The van der Waals surface area contributed by atoms with E-state index in [2.05, 4.69) is 10.2 Å². The Kier molecular flexibility index (Phi) is 7.06. The number of ether oxygens (including phenoxy) is 1. The van der Waals surface area contributed by atoms with Gasteiger partial charge in [-0.3, -0.25) is 14.7 Å². The van der Waals surface area contributed by atoms with Gasteiger partial charge in [-0.05, 0) is 60.6 Å². The van der Waals surface area contributed by atoms with Gasteiger partial charge in [0.05, 0.1) is 22.0 Å². The normalized spacial score (nSPS) is 11.4. The first-order chi connectivity index (χ1) is 16.8. The minimum absolute atomic E-state index is 0.0221. The summed E-state index contributed by atoms with van der Waals surface area (Å²) >= 11 is 0.878. The minimum atomic E-state index is -4.70. The summed E-state index contributed by atoms with van der Waals surface area (Å²) in [5.74, 6) is 1.24. The molecule has 7 nitrogen and oxygen atoms in total. The minimum Gasteiger partial charge on any atom is -0.494 e. The van der Waals surface area contributed by atoms with Crippen molar-refractivity contribution in [2.24, 2.45) is 0 Å². The van der Waals surface area contributed by atoms with Crippen LogP contribution in [0.5, 0.6) is 5.75 Å². The molecular formula is C24H19F3N4O3S. The van der Waals surface area contributed by atoms with E-state index in [0.29, 0.717) is 36.4 Å². The van der Waals surface area contributed by atoms with Gasteiger partial charge in [0.2, 0.25) is 5.16 Å². The number of nitro benzene ring substituents is 1. The molecule has 0 aliphatic heterocycles. The van der Waals surface area contributed by atoms with Crippen molar-refractivity contribution < 1.29 is 22.8 Å². The van der Waals surface area contributed by atoms with E-state index < -0.39 is 22.4 Å². The van der Waals surface area contributed by atoms with Crippen LogP contribution in [-0.4, -0.2) is 26.3 Å². The molecule has 35 heavy (non-hydrogen) atoms. The Bertz CT molecular complexity index is 1330. The van der Waals surface area contributed by atoms with Crippen molar-refractivity contribution >= 4 is 17.4 Å². The number of benzene rings is 3. The lowest BCUT2D eigenvalue weighted by Crippen LogP contribution is -2.06. The van der Waals surface area contributed by atoms with Crippen LogP contribution in [0.2, 0.25) is 0 Å². The molecule has 3 aromatic carbocycles. The molecule has 0 atom stereocenters. The van der Waals surface area contributed by atoms with E-state index in [9.17, 15) is 23.3 Å². The molecule has 1 aromatic heterocycles. The molecule has 0 saturated heterocycles. The van der Waals surface area contributed by atoms with Gasteiger partial charge in [0.25, 0.3) is 5.69 Å². The lowest BCUT2D eigenvalue weighted by atomic mass is 10.1. The van der Waals surface area contributed by atoms with Crippen molar-refractivity contribution in [3.63, 3.8) is 0 Å². The molecule has 0 fully saturated rings. The third-order valence-electron chi connectivity index (χ3n) is 5.00. The number of hydrogen-bond acceptors (Lipinski definition) is 6. The lowest BCUT2D eigenvalue weighted by Gasteiger charge is -2.12. The van der Waals surface area contributed by atoms with E-state index in [1.807, 2.05) is 37.3 Å². The third kappa shape index (κ3) is 5.62. The van der Waals surface area contributed by atoms with Gasteiger partial charge >= 0.3 is 6.18 Å². The number of alkyl halides is 3. The predicted octanol–water partition coefficient (Wildman–Crippen LogP) is 6.34. The zero-order valence-electron chi connectivity index (χ0n) is 18.4. The van der Waals surface area contributed by atoms with E-state index >= 15 is 0 Å². The number of hydrogen-bond donors (Lipinski definition) is 0. The molecule has 0 spiro atoms. The van der Waals surface area contributed by atoms with Crippen molar-refractivity contribution in [3.05, 3.63) is 99.9 Å². The highest BCUT2D eigenvalue weighted by Crippen LogP contribution is 2.39. The molecule has 4 rings (SSSR count). The molecule has 0 saturated carbocycles. The van der Waals surface area contributed by atoms with E-state index in [-0.39, 0.29) is 10.1 Å². The number of halogens is 3. The highest BCUT2D eigenvalue weighted by molar-refractivity contribution is 7.99. The molecule has 180 valence electrons. The van der Waals surface area contributed by atoms with E-state index in [1.165, 1.54) is 0 Å². The van der Waals surface area contributed by atoms with Crippen molar-refractivity contribution in [2.45, 2.75) is 29.6 Å². The number of nitrogens with zero attached hydrogens (tertiary/aromatic N) is 4. The Morgan fingerprint density at radius 3 is 2.37 bits per heavy atom. The molecule has 0 radical (unpaired) electrons. The highest BCUT2D eigenvalue weighted by Gasteiger charge is 2.33. The Morgan fingerprint density at radius 1 is 1.03 bits per heavy atom. The molecule has 0 N–H and O–H groups in total. The fourth-order valence-corrected chi connectivity index (χ4v) is 4.35. The number of rotatable bonds is 8. The van der Waals surface area contributed by atoms with Gasteiger partial charge in [-0.1, -0.05) is 30.3 Å². The maximum Gasteiger partial charge on any atom is 0.416 e. The number of aromatic nitrogens is 3. The Labute approximate surface area is 202 Å². The Hall–Kier alpha value is -3.86. The molecular weight excluding hydrogens is 481 g/mol. The van der Waals surface area contributed by atoms with Gasteiger partial charge in [-0.15, -0.1) is 10.2 Å². The van der Waals surface area contributed by atoms with Gasteiger partial charge in [-0.2, -0.15) is 13.2 Å². The number of nitro groups is 1. The molecule has 11 heteroatoms. The van der Waals surface area contributed by atoms with Crippen LogP contribution in [0.4, 0.5) is 18.9 Å². The van der Waals surface area contributed by atoms with Crippen LogP contribution in [0.15, 0.2) is 82.8 Å². The second-order valence-electron chi connectivity index (χ2n) is 7.36. The van der Waals surface area contributed by atoms with Crippen LogP contribution in [0.3, 0.4) is 0 Å². The van der Waals surface area contributed by atoms with Gasteiger partial charge < -0.3 is 4.74 Å². The van der Waals surface area contributed by atoms with Crippen LogP contribution >= 0.6 is 11.8 Å².